The van der Waals surface area contributed by atoms with Gasteiger partial charge in [-0.3, -0.25) is 0 Å². The maximum Gasteiger partial charge on any atom is 0.134 e. The van der Waals surface area contributed by atoms with Crippen LogP contribution in [0.5, 0.6) is 0 Å². The summed E-state index contributed by atoms with van der Waals surface area (Å²) in [4.78, 5) is 4.42. The molecule has 0 fully saturated rings. The Labute approximate surface area is 115 Å². The van der Waals surface area contributed by atoms with Crippen LogP contribution >= 0.6 is 27.3 Å². The minimum absolute atomic E-state index is 0.281. The molecule has 0 aliphatic rings. The van der Waals surface area contributed by atoms with E-state index in [9.17, 15) is 4.39 Å². The molecule has 3 aromatic rings. The first-order valence-corrected chi connectivity index (χ1v) is 6.86. The summed E-state index contributed by atoms with van der Waals surface area (Å²) in [6.07, 6.45) is 0. The second kappa shape index (κ2) is 4.33. The van der Waals surface area contributed by atoms with Gasteiger partial charge in [-0.2, -0.15) is 0 Å². The Hall–Kier alpha value is -1.46. The lowest BCUT2D eigenvalue weighted by Gasteiger charge is -1.98. The highest BCUT2D eigenvalue weighted by atomic mass is 79.9. The number of nitrogens with zero attached hydrogens (tertiary/aromatic N) is 1. The van der Waals surface area contributed by atoms with E-state index in [1.165, 1.54) is 17.4 Å². The molecule has 0 spiro atoms. The number of hydrogen-bond acceptors (Lipinski definition) is 3. The normalized spacial score (nSPS) is 11.0. The van der Waals surface area contributed by atoms with Gasteiger partial charge in [0, 0.05) is 15.7 Å². The number of aromatic nitrogens is 1. The van der Waals surface area contributed by atoms with Crippen LogP contribution in [0.4, 0.5) is 10.1 Å². The van der Waals surface area contributed by atoms with Crippen molar-refractivity contribution in [2.45, 2.75) is 0 Å². The second-order valence-corrected chi connectivity index (χ2v) is 5.82. The molecule has 1 heterocycles. The summed E-state index contributed by atoms with van der Waals surface area (Å²) in [7, 11) is 0. The van der Waals surface area contributed by atoms with Crippen molar-refractivity contribution in [1.82, 2.24) is 4.98 Å². The Morgan fingerprint density at radius 3 is 2.78 bits per heavy atom. The molecule has 90 valence electrons. The molecule has 0 unspecified atom stereocenters. The van der Waals surface area contributed by atoms with Crippen LogP contribution in [0.3, 0.4) is 0 Å². The van der Waals surface area contributed by atoms with E-state index >= 15 is 0 Å². The van der Waals surface area contributed by atoms with Crippen LogP contribution in [0, 0.1) is 5.82 Å². The Morgan fingerprint density at radius 1 is 1.17 bits per heavy atom. The summed E-state index contributed by atoms with van der Waals surface area (Å²) in [5.41, 5.74) is 7.76. The largest absolute Gasteiger partial charge is 0.399 e. The molecule has 0 aliphatic heterocycles. The average Bonchev–Trinajstić information content (AvgIpc) is 2.71. The number of benzene rings is 2. The van der Waals surface area contributed by atoms with E-state index < -0.39 is 0 Å². The van der Waals surface area contributed by atoms with Gasteiger partial charge in [-0.1, -0.05) is 15.9 Å². The van der Waals surface area contributed by atoms with E-state index in [-0.39, 0.29) is 5.82 Å². The van der Waals surface area contributed by atoms with Crippen LogP contribution in [0.15, 0.2) is 40.9 Å². The van der Waals surface area contributed by atoms with Crippen molar-refractivity contribution in [3.8, 4) is 10.6 Å². The molecule has 3 rings (SSSR count). The molecule has 1 aromatic heterocycles. The number of thiazole rings is 1. The van der Waals surface area contributed by atoms with Crippen molar-refractivity contribution in [1.29, 1.82) is 0 Å². The zero-order chi connectivity index (χ0) is 12.7. The smallest absolute Gasteiger partial charge is 0.134 e. The predicted octanol–water partition coefficient (Wildman–Crippen LogP) is 4.45. The Kier molecular flexibility index (Phi) is 2.80. The summed E-state index contributed by atoms with van der Waals surface area (Å²) in [5, 5.41) is 0.667. The predicted molar refractivity (Wildman–Crippen MR) is 77.1 cm³/mol. The summed E-state index contributed by atoms with van der Waals surface area (Å²) in [6.45, 7) is 0. The lowest BCUT2D eigenvalue weighted by Crippen LogP contribution is -1.83. The standard InChI is InChI=1S/C13H8BrFN2S/c14-7-1-3-9(10(15)5-7)13-17-11-4-2-8(16)6-12(11)18-13/h1-6H,16H2. The maximum absolute atomic E-state index is 13.9. The molecule has 0 radical (unpaired) electrons. The fourth-order valence-corrected chi connectivity index (χ4v) is 3.09. The highest BCUT2D eigenvalue weighted by molar-refractivity contribution is 9.10. The van der Waals surface area contributed by atoms with E-state index in [0.717, 1.165) is 10.2 Å². The first kappa shape index (κ1) is 11.6. The minimum Gasteiger partial charge on any atom is -0.399 e. The molecule has 5 heteroatoms. The van der Waals surface area contributed by atoms with Crippen molar-refractivity contribution in [2.24, 2.45) is 0 Å². The van der Waals surface area contributed by atoms with E-state index in [1.807, 2.05) is 12.1 Å². The van der Waals surface area contributed by atoms with Gasteiger partial charge in [-0.15, -0.1) is 11.3 Å². The maximum atomic E-state index is 13.9. The van der Waals surface area contributed by atoms with E-state index in [4.69, 9.17) is 5.73 Å². The van der Waals surface area contributed by atoms with Gasteiger partial charge in [0.1, 0.15) is 10.8 Å². The summed E-state index contributed by atoms with van der Waals surface area (Å²) in [5.74, 6) is -0.281. The molecule has 0 bridgehead atoms. The highest BCUT2D eigenvalue weighted by Gasteiger charge is 2.11. The van der Waals surface area contributed by atoms with Crippen molar-refractivity contribution in [3.63, 3.8) is 0 Å². The number of hydrogen-bond donors (Lipinski definition) is 1. The lowest BCUT2D eigenvalue weighted by molar-refractivity contribution is 0.630. The first-order valence-electron chi connectivity index (χ1n) is 5.25. The van der Waals surface area contributed by atoms with E-state index in [1.54, 1.807) is 18.2 Å². The van der Waals surface area contributed by atoms with Gasteiger partial charge >= 0.3 is 0 Å². The summed E-state index contributed by atoms with van der Waals surface area (Å²) >= 11 is 4.68. The Balaban J connectivity index is 2.19. The monoisotopic (exact) mass is 322 g/mol. The van der Waals surface area contributed by atoms with Gasteiger partial charge in [-0.05, 0) is 36.4 Å². The van der Waals surface area contributed by atoms with Gasteiger partial charge < -0.3 is 5.73 Å². The second-order valence-electron chi connectivity index (χ2n) is 3.87. The zero-order valence-corrected chi connectivity index (χ0v) is 11.6. The number of halogens is 2. The van der Waals surface area contributed by atoms with Gasteiger partial charge in [-0.25, -0.2) is 9.37 Å². The minimum atomic E-state index is -0.281. The third kappa shape index (κ3) is 2.00. The van der Waals surface area contributed by atoms with Crippen LogP contribution in [0.1, 0.15) is 0 Å². The third-order valence-electron chi connectivity index (χ3n) is 2.57. The van der Waals surface area contributed by atoms with Gasteiger partial charge in [0.15, 0.2) is 0 Å². The number of rotatable bonds is 1. The average molecular weight is 323 g/mol. The molecule has 0 aliphatic carbocycles. The quantitative estimate of drug-likeness (QED) is 0.672. The molecule has 0 amide bonds. The third-order valence-corrected chi connectivity index (χ3v) is 4.12. The highest BCUT2D eigenvalue weighted by Crippen LogP contribution is 2.33. The molecule has 0 atom stereocenters. The molecular weight excluding hydrogens is 315 g/mol. The fraction of sp³-hybridized carbons (Fsp3) is 0. The van der Waals surface area contributed by atoms with E-state index in [0.29, 0.717) is 20.7 Å². The molecular formula is C13H8BrFN2S. The van der Waals surface area contributed by atoms with Crippen LogP contribution in [-0.2, 0) is 0 Å². The SMILES string of the molecule is Nc1ccc2nc(-c3ccc(Br)cc3F)sc2c1. The molecule has 2 aromatic carbocycles. The molecule has 2 N–H and O–H groups in total. The zero-order valence-electron chi connectivity index (χ0n) is 9.15. The Bertz CT molecular complexity index is 739. The van der Waals surface area contributed by atoms with Crippen molar-refractivity contribution < 1.29 is 4.39 Å². The van der Waals surface area contributed by atoms with Gasteiger partial charge in [0.25, 0.3) is 0 Å². The van der Waals surface area contributed by atoms with E-state index in [2.05, 4.69) is 20.9 Å². The summed E-state index contributed by atoms with van der Waals surface area (Å²) in [6, 6.07) is 10.5. The van der Waals surface area contributed by atoms with Crippen molar-refractivity contribution >= 4 is 43.2 Å². The van der Waals surface area contributed by atoms with Crippen molar-refractivity contribution in [3.05, 3.63) is 46.7 Å². The van der Waals surface area contributed by atoms with Crippen LogP contribution in [0.2, 0.25) is 0 Å². The lowest BCUT2D eigenvalue weighted by atomic mass is 10.2. The Morgan fingerprint density at radius 2 is 2.00 bits per heavy atom. The van der Waals surface area contributed by atoms with Crippen molar-refractivity contribution in [2.75, 3.05) is 5.73 Å². The van der Waals surface area contributed by atoms with Gasteiger partial charge in [0.05, 0.1) is 10.2 Å². The number of anilines is 1. The number of nitrogen functional groups attached to an aromatic ring is 1. The number of nitrogens with two attached hydrogens (primary N) is 1. The first-order chi connectivity index (χ1) is 8.63. The van der Waals surface area contributed by atoms with Crippen LogP contribution in [0.25, 0.3) is 20.8 Å². The molecule has 0 saturated carbocycles. The molecule has 2 nitrogen and oxygen atoms in total. The molecule has 18 heavy (non-hydrogen) atoms. The summed E-state index contributed by atoms with van der Waals surface area (Å²) < 4.78 is 15.5. The van der Waals surface area contributed by atoms with Gasteiger partial charge in [0.2, 0.25) is 0 Å². The number of fused-ring (bicyclic) bond motifs is 1. The fourth-order valence-electron chi connectivity index (χ4n) is 1.72. The van der Waals surface area contributed by atoms with Crippen LogP contribution < -0.4 is 5.73 Å². The molecule has 0 saturated heterocycles. The van der Waals surface area contributed by atoms with Crippen LogP contribution in [-0.4, -0.2) is 4.98 Å². The topological polar surface area (TPSA) is 38.9 Å².